The standard InChI is InChI=1S/C26H27N3O3/c1-2-3-13-25(30)28-23-16-14-21(15-17-23)26(31)29-27-18-22-11-7-8-12-24(22)32-19-20-9-5-4-6-10-20/h4-12,14-18H,2-3,13,19H2,1H3,(H,28,30)(H,29,31)/b27-18+. The van der Waals surface area contributed by atoms with Crippen molar-refractivity contribution in [2.75, 3.05) is 5.32 Å². The van der Waals surface area contributed by atoms with Crippen LogP contribution in [0.2, 0.25) is 0 Å². The summed E-state index contributed by atoms with van der Waals surface area (Å²) in [5, 5.41) is 6.89. The third kappa shape index (κ3) is 7.09. The third-order valence-electron chi connectivity index (χ3n) is 4.71. The molecule has 0 heterocycles. The van der Waals surface area contributed by atoms with Gasteiger partial charge in [-0.2, -0.15) is 5.10 Å². The fourth-order valence-electron chi connectivity index (χ4n) is 2.94. The Labute approximate surface area is 188 Å². The van der Waals surface area contributed by atoms with E-state index < -0.39 is 0 Å². The topological polar surface area (TPSA) is 79.8 Å². The molecule has 3 aromatic carbocycles. The number of ether oxygens (including phenoxy) is 1. The van der Waals surface area contributed by atoms with E-state index in [-0.39, 0.29) is 11.8 Å². The molecule has 3 aromatic rings. The lowest BCUT2D eigenvalue weighted by atomic mass is 10.2. The summed E-state index contributed by atoms with van der Waals surface area (Å²) in [6.07, 6.45) is 3.87. The second kappa shape index (κ2) is 12.1. The van der Waals surface area contributed by atoms with Crippen molar-refractivity contribution >= 4 is 23.7 Å². The monoisotopic (exact) mass is 429 g/mol. The smallest absolute Gasteiger partial charge is 0.271 e. The quantitative estimate of drug-likeness (QED) is 0.345. The zero-order chi connectivity index (χ0) is 22.6. The van der Waals surface area contributed by atoms with Crippen LogP contribution in [0.4, 0.5) is 5.69 Å². The molecule has 2 amide bonds. The molecule has 0 aromatic heterocycles. The first-order valence-corrected chi connectivity index (χ1v) is 10.6. The average Bonchev–Trinajstić information content (AvgIpc) is 2.83. The fourth-order valence-corrected chi connectivity index (χ4v) is 2.94. The van der Waals surface area contributed by atoms with E-state index in [1.807, 2.05) is 61.5 Å². The summed E-state index contributed by atoms with van der Waals surface area (Å²) in [4.78, 5) is 24.2. The molecular formula is C26H27N3O3. The summed E-state index contributed by atoms with van der Waals surface area (Å²) in [6, 6.07) is 24.1. The number of benzene rings is 3. The van der Waals surface area contributed by atoms with Crippen LogP contribution >= 0.6 is 0 Å². The lowest BCUT2D eigenvalue weighted by molar-refractivity contribution is -0.116. The van der Waals surface area contributed by atoms with Crippen molar-refractivity contribution in [3.63, 3.8) is 0 Å². The molecule has 0 aliphatic carbocycles. The van der Waals surface area contributed by atoms with Crippen molar-refractivity contribution in [3.8, 4) is 5.75 Å². The number of carbonyl (C=O) groups is 2. The van der Waals surface area contributed by atoms with Crippen LogP contribution in [0.1, 0.15) is 47.7 Å². The summed E-state index contributed by atoms with van der Waals surface area (Å²) in [5.74, 6) is 0.312. The van der Waals surface area contributed by atoms with Crippen molar-refractivity contribution in [1.82, 2.24) is 5.43 Å². The molecular weight excluding hydrogens is 402 g/mol. The van der Waals surface area contributed by atoms with Gasteiger partial charge in [-0.1, -0.05) is 55.8 Å². The molecule has 0 aliphatic rings. The van der Waals surface area contributed by atoms with E-state index in [1.165, 1.54) is 0 Å². The van der Waals surface area contributed by atoms with Crippen LogP contribution in [0.5, 0.6) is 5.75 Å². The maximum Gasteiger partial charge on any atom is 0.271 e. The summed E-state index contributed by atoms with van der Waals surface area (Å²) >= 11 is 0. The zero-order valence-electron chi connectivity index (χ0n) is 18.1. The van der Waals surface area contributed by atoms with E-state index in [9.17, 15) is 9.59 Å². The van der Waals surface area contributed by atoms with Gasteiger partial charge in [-0.25, -0.2) is 5.43 Å². The van der Waals surface area contributed by atoms with Crippen LogP contribution in [0.3, 0.4) is 0 Å². The Hall–Kier alpha value is -3.93. The summed E-state index contributed by atoms with van der Waals surface area (Å²) in [6.45, 7) is 2.49. The van der Waals surface area contributed by atoms with E-state index in [4.69, 9.17) is 4.74 Å². The number of hydrogen-bond donors (Lipinski definition) is 2. The van der Waals surface area contributed by atoms with Gasteiger partial charge in [-0.15, -0.1) is 0 Å². The maximum absolute atomic E-state index is 12.4. The van der Waals surface area contributed by atoms with Crippen LogP contribution in [-0.4, -0.2) is 18.0 Å². The van der Waals surface area contributed by atoms with E-state index in [1.54, 1.807) is 30.5 Å². The summed E-state index contributed by atoms with van der Waals surface area (Å²) < 4.78 is 5.90. The van der Waals surface area contributed by atoms with Crippen LogP contribution in [0.25, 0.3) is 0 Å². The number of para-hydroxylation sites is 1. The Balaban J connectivity index is 1.54. The SMILES string of the molecule is CCCCC(=O)Nc1ccc(C(=O)N/N=C/c2ccccc2OCc2ccccc2)cc1. The molecule has 32 heavy (non-hydrogen) atoms. The molecule has 6 heteroatoms. The van der Waals surface area contributed by atoms with Crippen molar-refractivity contribution < 1.29 is 14.3 Å². The normalized spacial score (nSPS) is 10.7. The molecule has 0 saturated heterocycles. The van der Waals surface area contributed by atoms with Crippen molar-refractivity contribution in [2.45, 2.75) is 32.8 Å². The number of carbonyl (C=O) groups excluding carboxylic acids is 2. The molecule has 0 fully saturated rings. The van der Waals surface area contributed by atoms with Gasteiger partial charge >= 0.3 is 0 Å². The molecule has 0 atom stereocenters. The summed E-state index contributed by atoms with van der Waals surface area (Å²) in [7, 11) is 0. The second-order valence-corrected chi connectivity index (χ2v) is 7.24. The van der Waals surface area contributed by atoms with Gasteiger partial charge in [0.2, 0.25) is 5.91 Å². The average molecular weight is 430 g/mol. The Morgan fingerprint density at radius 1 is 0.938 bits per heavy atom. The Morgan fingerprint density at radius 2 is 1.66 bits per heavy atom. The van der Waals surface area contributed by atoms with E-state index in [0.29, 0.717) is 30.0 Å². The highest BCUT2D eigenvalue weighted by Gasteiger charge is 2.06. The zero-order valence-corrected chi connectivity index (χ0v) is 18.1. The number of unbranched alkanes of at least 4 members (excludes halogenated alkanes) is 1. The van der Waals surface area contributed by atoms with E-state index in [0.717, 1.165) is 24.0 Å². The Kier molecular flexibility index (Phi) is 8.57. The van der Waals surface area contributed by atoms with Gasteiger partial charge in [0, 0.05) is 23.2 Å². The predicted molar refractivity (Wildman–Crippen MR) is 127 cm³/mol. The molecule has 0 saturated carbocycles. The lowest BCUT2D eigenvalue weighted by Gasteiger charge is -2.09. The highest BCUT2D eigenvalue weighted by molar-refractivity contribution is 5.96. The Morgan fingerprint density at radius 3 is 2.41 bits per heavy atom. The van der Waals surface area contributed by atoms with E-state index >= 15 is 0 Å². The first-order chi connectivity index (χ1) is 15.7. The first kappa shape index (κ1) is 22.7. The van der Waals surface area contributed by atoms with Crippen LogP contribution in [0, 0.1) is 0 Å². The highest BCUT2D eigenvalue weighted by atomic mass is 16.5. The minimum Gasteiger partial charge on any atom is -0.488 e. The molecule has 0 spiro atoms. The van der Waals surface area contributed by atoms with Gasteiger partial charge in [0.15, 0.2) is 0 Å². The molecule has 0 aliphatic heterocycles. The van der Waals surface area contributed by atoms with Gasteiger partial charge in [0.05, 0.1) is 6.21 Å². The van der Waals surface area contributed by atoms with Gasteiger partial charge in [-0.3, -0.25) is 9.59 Å². The number of nitrogens with one attached hydrogen (secondary N) is 2. The number of amides is 2. The molecule has 3 rings (SSSR count). The van der Waals surface area contributed by atoms with Gasteiger partial charge in [0.1, 0.15) is 12.4 Å². The highest BCUT2D eigenvalue weighted by Crippen LogP contribution is 2.17. The second-order valence-electron chi connectivity index (χ2n) is 7.24. The van der Waals surface area contributed by atoms with Gasteiger partial charge < -0.3 is 10.1 Å². The maximum atomic E-state index is 12.4. The summed E-state index contributed by atoms with van der Waals surface area (Å²) in [5.41, 5.74) is 5.46. The fraction of sp³-hybridized carbons (Fsp3) is 0.192. The number of rotatable bonds is 10. The number of hydrazone groups is 1. The molecule has 0 unspecified atom stereocenters. The van der Waals surface area contributed by atoms with Crippen LogP contribution in [-0.2, 0) is 11.4 Å². The largest absolute Gasteiger partial charge is 0.488 e. The molecule has 6 nitrogen and oxygen atoms in total. The first-order valence-electron chi connectivity index (χ1n) is 10.6. The predicted octanol–water partition coefficient (Wildman–Crippen LogP) is 5.16. The number of nitrogens with zero attached hydrogens (tertiary/aromatic N) is 1. The number of anilines is 1. The van der Waals surface area contributed by atoms with Gasteiger partial charge in [-0.05, 0) is 48.4 Å². The minimum absolute atomic E-state index is 0.0261. The molecule has 0 radical (unpaired) electrons. The van der Waals surface area contributed by atoms with Gasteiger partial charge in [0.25, 0.3) is 5.91 Å². The molecule has 0 bridgehead atoms. The molecule has 164 valence electrons. The Bertz CT molecular complexity index is 1050. The van der Waals surface area contributed by atoms with Crippen LogP contribution in [0.15, 0.2) is 84.0 Å². The minimum atomic E-state index is -0.340. The van der Waals surface area contributed by atoms with E-state index in [2.05, 4.69) is 15.8 Å². The van der Waals surface area contributed by atoms with Crippen molar-refractivity contribution in [3.05, 3.63) is 95.6 Å². The third-order valence-corrected chi connectivity index (χ3v) is 4.71. The van der Waals surface area contributed by atoms with Crippen molar-refractivity contribution in [1.29, 1.82) is 0 Å². The lowest BCUT2D eigenvalue weighted by Crippen LogP contribution is -2.18. The van der Waals surface area contributed by atoms with Crippen molar-refractivity contribution in [2.24, 2.45) is 5.10 Å². The van der Waals surface area contributed by atoms with Crippen LogP contribution < -0.4 is 15.5 Å². The molecule has 2 N–H and O–H groups in total. The number of hydrogen-bond acceptors (Lipinski definition) is 4.